The van der Waals surface area contributed by atoms with Crippen molar-refractivity contribution in [1.82, 2.24) is 20.1 Å². The summed E-state index contributed by atoms with van der Waals surface area (Å²) in [6.45, 7) is 5.58. The Labute approximate surface area is 121 Å². The van der Waals surface area contributed by atoms with Gasteiger partial charge in [-0.25, -0.2) is 9.67 Å². The Morgan fingerprint density at radius 1 is 1.35 bits per heavy atom. The average molecular weight is 274 g/mol. The molecular formula is C16H26N4. The number of hydrogen-bond donors (Lipinski definition) is 1. The van der Waals surface area contributed by atoms with Gasteiger partial charge in [-0.2, -0.15) is 5.10 Å². The molecule has 0 spiro atoms. The summed E-state index contributed by atoms with van der Waals surface area (Å²) in [5, 5.41) is 8.20. The Kier molecular flexibility index (Phi) is 2.92. The average Bonchev–Trinajstić information content (AvgIpc) is 3.29. The molecule has 1 aromatic rings. The predicted octanol–water partition coefficient (Wildman–Crippen LogP) is 2.57. The lowest BCUT2D eigenvalue weighted by Gasteiger charge is -2.31. The van der Waals surface area contributed by atoms with Crippen LogP contribution in [0.25, 0.3) is 0 Å². The summed E-state index contributed by atoms with van der Waals surface area (Å²) >= 11 is 0. The molecule has 0 bridgehead atoms. The van der Waals surface area contributed by atoms with Crippen molar-refractivity contribution < 1.29 is 0 Å². The second-order valence-electron chi connectivity index (χ2n) is 7.71. The third-order valence-corrected chi connectivity index (χ3v) is 5.47. The minimum absolute atomic E-state index is 0.414. The Morgan fingerprint density at radius 2 is 2.10 bits per heavy atom. The number of fused-ring (bicyclic) bond motifs is 1. The molecule has 2 atom stereocenters. The molecule has 3 saturated carbocycles. The number of nitrogens with zero attached hydrogens (tertiary/aromatic N) is 3. The Hall–Kier alpha value is -0.900. The van der Waals surface area contributed by atoms with E-state index >= 15 is 0 Å². The van der Waals surface area contributed by atoms with Crippen LogP contribution in [0.2, 0.25) is 0 Å². The van der Waals surface area contributed by atoms with Crippen molar-refractivity contribution in [3.05, 3.63) is 12.2 Å². The van der Waals surface area contributed by atoms with Crippen LogP contribution in [0.1, 0.15) is 57.8 Å². The lowest BCUT2D eigenvalue weighted by atomic mass is 9.79. The lowest BCUT2D eigenvalue weighted by molar-refractivity contribution is 0.237. The van der Waals surface area contributed by atoms with Crippen LogP contribution in [0.3, 0.4) is 0 Å². The normalized spacial score (nSPS) is 35.5. The van der Waals surface area contributed by atoms with E-state index in [0.29, 0.717) is 11.5 Å². The van der Waals surface area contributed by atoms with Crippen LogP contribution in [0.4, 0.5) is 0 Å². The fraction of sp³-hybridized carbons (Fsp3) is 0.875. The van der Waals surface area contributed by atoms with Crippen molar-refractivity contribution in [3.8, 4) is 0 Å². The first-order chi connectivity index (χ1) is 9.65. The zero-order valence-corrected chi connectivity index (χ0v) is 12.7. The Morgan fingerprint density at radius 3 is 2.75 bits per heavy atom. The van der Waals surface area contributed by atoms with Crippen LogP contribution < -0.4 is 5.32 Å². The van der Waals surface area contributed by atoms with Crippen LogP contribution in [0.15, 0.2) is 6.33 Å². The van der Waals surface area contributed by atoms with Gasteiger partial charge in [-0.1, -0.05) is 0 Å². The highest BCUT2D eigenvalue weighted by atomic mass is 15.3. The second kappa shape index (κ2) is 4.55. The summed E-state index contributed by atoms with van der Waals surface area (Å²) in [6.07, 6.45) is 9.90. The molecule has 110 valence electrons. The maximum absolute atomic E-state index is 4.55. The fourth-order valence-corrected chi connectivity index (χ4v) is 4.17. The van der Waals surface area contributed by atoms with Gasteiger partial charge in [0.2, 0.25) is 0 Å². The summed E-state index contributed by atoms with van der Waals surface area (Å²) in [6, 6.07) is 1.23. The molecule has 4 heteroatoms. The molecule has 3 aliphatic rings. The molecule has 1 aromatic heterocycles. The van der Waals surface area contributed by atoms with Gasteiger partial charge in [-0.15, -0.1) is 0 Å². The molecule has 20 heavy (non-hydrogen) atoms. The fourth-order valence-electron chi connectivity index (χ4n) is 4.17. The van der Waals surface area contributed by atoms with Crippen molar-refractivity contribution in [3.63, 3.8) is 0 Å². The van der Waals surface area contributed by atoms with Gasteiger partial charge in [0, 0.05) is 25.0 Å². The Bertz CT molecular complexity index is 478. The van der Waals surface area contributed by atoms with Crippen LogP contribution in [-0.2, 0) is 6.42 Å². The molecule has 0 radical (unpaired) electrons. The molecule has 0 amide bonds. The van der Waals surface area contributed by atoms with E-state index in [1.807, 2.05) is 0 Å². The molecule has 1 N–H and O–H groups in total. The summed E-state index contributed by atoms with van der Waals surface area (Å²) in [7, 11) is 0. The van der Waals surface area contributed by atoms with Gasteiger partial charge >= 0.3 is 0 Å². The van der Waals surface area contributed by atoms with Crippen LogP contribution in [-0.4, -0.2) is 27.4 Å². The molecular weight excluding hydrogens is 248 g/mol. The van der Waals surface area contributed by atoms with E-state index in [0.717, 1.165) is 24.3 Å². The van der Waals surface area contributed by atoms with E-state index in [9.17, 15) is 0 Å². The van der Waals surface area contributed by atoms with E-state index in [-0.39, 0.29) is 0 Å². The topological polar surface area (TPSA) is 42.7 Å². The number of aromatic nitrogens is 3. The van der Waals surface area contributed by atoms with Gasteiger partial charge in [0.25, 0.3) is 0 Å². The smallest absolute Gasteiger partial charge is 0.138 e. The summed E-state index contributed by atoms with van der Waals surface area (Å²) in [5.41, 5.74) is 0.454. The van der Waals surface area contributed by atoms with Gasteiger partial charge in [0.1, 0.15) is 12.2 Å². The first-order valence-corrected chi connectivity index (χ1v) is 8.27. The van der Waals surface area contributed by atoms with Crippen molar-refractivity contribution in [2.24, 2.45) is 17.3 Å². The standard InChI is InChI=1S/C16H26N4/c1-11(2)20-15(18-10-19-20)8-16(9-17-14-3-4-14)6-12-5-13(12)7-16/h10-14,17H,3-9H2,1-2H3. The van der Waals surface area contributed by atoms with Crippen LogP contribution >= 0.6 is 0 Å². The number of nitrogens with one attached hydrogen (secondary N) is 1. The maximum Gasteiger partial charge on any atom is 0.138 e. The first kappa shape index (κ1) is 12.8. The maximum atomic E-state index is 4.55. The SMILES string of the molecule is CC(C)n1ncnc1CC1(CNC2CC2)CC2CC2C1. The minimum atomic E-state index is 0.414. The zero-order chi connectivity index (χ0) is 13.7. The van der Waals surface area contributed by atoms with E-state index < -0.39 is 0 Å². The largest absolute Gasteiger partial charge is 0.313 e. The number of hydrogen-bond acceptors (Lipinski definition) is 3. The highest BCUT2D eigenvalue weighted by molar-refractivity contribution is 5.08. The van der Waals surface area contributed by atoms with Crippen molar-refractivity contribution in [2.45, 2.75) is 64.5 Å². The molecule has 0 aliphatic heterocycles. The molecule has 0 aromatic carbocycles. The number of rotatable bonds is 6. The van der Waals surface area contributed by atoms with Crippen molar-refractivity contribution in [1.29, 1.82) is 0 Å². The van der Waals surface area contributed by atoms with E-state index in [1.54, 1.807) is 6.33 Å². The van der Waals surface area contributed by atoms with Gasteiger partial charge in [-0.05, 0) is 63.2 Å². The van der Waals surface area contributed by atoms with Crippen molar-refractivity contribution >= 4 is 0 Å². The summed E-state index contributed by atoms with van der Waals surface area (Å²) < 4.78 is 2.11. The lowest BCUT2D eigenvalue weighted by Crippen LogP contribution is -2.37. The Balaban J connectivity index is 1.50. The molecule has 2 unspecified atom stereocenters. The third-order valence-electron chi connectivity index (χ3n) is 5.47. The molecule has 0 saturated heterocycles. The zero-order valence-electron chi connectivity index (χ0n) is 12.7. The van der Waals surface area contributed by atoms with E-state index in [1.165, 1.54) is 44.5 Å². The highest BCUT2D eigenvalue weighted by Gasteiger charge is 2.54. The molecule has 1 heterocycles. The van der Waals surface area contributed by atoms with Gasteiger partial charge < -0.3 is 5.32 Å². The monoisotopic (exact) mass is 274 g/mol. The van der Waals surface area contributed by atoms with Gasteiger partial charge in [0.05, 0.1) is 0 Å². The van der Waals surface area contributed by atoms with Crippen LogP contribution in [0, 0.1) is 17.3 Å². The molecule has 4 rings (SSSR count). The van der Waals surface area contributed by atoms with E-state index in [2.05, 4.69) is 33.9 Å². The van der Waals surface area contributed by atoms with Gasteiger partial charge in [0.15, 0.2) is 0 Å². The predicted molar refractivity (Wildman–Crippen MR) is 78.4 cm³/mol. The quantitative estimate of drug-likeness (QED) is 0.867. The van der Waals surface area contributed by atoms with Crippen LogP contribution in [0.5, 0.6) is 0 Å². The first-order valence-electron chi connectivity index (χ1n) is 8.27. The summed E-state index contributed by atoms with van der Waals surface area (Å²) in [5.74, 6) is 3.23. The molecule has 4 nitrogen and oxygen atoms in total. The molecule has 3 fully saturated rings. The second-order valence-corrected chi connectivity index (χ2v) is 7.71. The van der Waals surface area contributed by atoms with E-state index in [4.69, 9.17) is 0 Å². The van der Waals surface area contributed by atoms with Crippen molar-refractivity contribution in [2.75, 3.05) is 6.54 Å². The third kappa shape index (κ3) is 2.39. The van der Waals surface area contributed by atoms with Gasteiger partial charge in [-0.3, -0.25) is 0 Å². The minimum Gasteiger partial charge on any atom is -0.313 e. The summed E-state index contributed by atoms with van der Waals surface area (Å²) in [4.78, 5) is 4.55. The highest BCUT2D eigenvalue weighted by Crippen LogP contribution is 2.60. The molecule has 3 aliphatic carbocycles.